The number of ether oxygens (including phenoxy) is 1. The summed E-state index contributed by atoms with van der Waals surface area (Å²) >= 11 is 6.33. The number of benzene rings is 1. The van der Waals surface area contributed by atoms with Crippen molar-refractivity contribution in [3.05, 3.63) is 35.1 Å². The normalized spacial score (nSPS) is 22.4. The van der Waals surface area contributed by atoms with Gasteiger partial charge in [-0.2, -0.15) is 0 Å². The Balaban J connectivity index is 1.81. The van der Waals surface area contributed by atoms with E-state index in [0.29, 0.717) is 27.8 Å². The molecule has 3 atom stereocenters. The molecule has 3 aromatic rings. The summed E-state index contributed by atoms with van der Waals surface area (Å²) in [5.41, 5.74) is 8.51. The molecule has 3 unspecified atom stereocenters. The van der Waals surface area contributed by atoms with Crippen LogP contribution in [0.5, 0.6) is 0 Å². The highest BCUT2D eigenvalue weighted by atomic mass is 35.5. The molecule has 2 aromatic heterocycles. The van der Waals surface area contributed by atoms with Crippen molar-refractivity contribution in [1.29, 1.82) is 0 Å². The fourth-order valence-corrected chi connectivity index (χ4v) is 3.45. The maximum Gasteiger partial charge on any atom is 0.212 e. The molecule has 0 saturated carbocycles. The molecule has 1 aliphatic rings. The van der Waals surface area contributed by atoms with Gasteiger partial charge < -0.3 is 26.0 Å². The third-order valence-electron chi connectivity index (χ3n) is 4.55. The van der Waals surface area contributed by atoms with Gasteiger partial charge in [-0.15, -0.1) is 0 Å². The molecule has 3 heterocycles. The van der Waals surface area contributed by atoms with E-state index in [1.54, 1.807) is 4.57 Å². The van der Waals surface area contributed by atoms with E-state index in [2.05, 4.69) is 20.3 Å². The van der Waals surface area contributed by atoms with Gasteiger partial charge >= 0.3 is 0 Å². The summed E-state index contributed by atoms with van der Waals surface area (Å²) in [4.78, 5) is 12.8. The van der Waals surface area contributed by atoms with Crippen LogP contribution in [0.25, 0.3) is 11.2 Å². The minimum Gasteiger partial charge on any atom is -0.394 e. The number of fused-ring (bicyclic) bond motifs is 1. The first-order valence-electron chi connectivity index (χ1n) is 8.44. The number of nitrogens with zero attached hydrogens (tertiary/aromatic N) is 4. The smallest absolute Gasteiger partial charge is 0.212 e. The van der Waals surface area contributed by atoms with Gasteiger partial charge in [0, 0.05) is 6.42 Å². The van der Waals surface area contributed by atoms with E-state index in [1.165, 1.54) is 6.33 Å². The lowest BCUT2D eigenvalue weighted by atomic mass is 10.2. The first-order chi connectivity index (χ1) is 13.0. The monoisotopic (exact) mass is 390 g/mol. The summed E-state index contributed by atoms with van der Waals surface area (Å²) in [6.07, 6.45) is -0.442. The first kappa shape index (κ1) is 17.9. The highest BCUT2D eigenvalue weighted by Crippen LogP contribution is 2.36. The lowest BCUT2D eigenvalue weighted by molar-refractivity contribution is -0.0425. The van der Waals surface area contributed by atoms with E-state index in [-0.39, 0.29) is 18.8 Å². The molecule has 0 bridgehead atoms. The Morgan fingerprint density at radius 3 is 2.93 bits per heavy atom. The van der Waals surface area contributed by atoms with Gasteiger partial charge in [0.1, 0.15) is 18.7 Å². The molecule has 0 amide bonds. The molecule has 9 nitrogen and oxygen atoms in total. The molecule has 142 valence electrons. The van der Waals surface area contributed by atoms with Crippen molar-refractivity contribution in [2.24, 2.45) is 0 Å². The Kier molecular flexibility index (Phi) is 4.60. The summed E-state index contributed by atoms with van der Waals surface area (Å²) in [5.74, 6) is 0.632. The zero-order valence-electron chi connectivity index (χ0n) is 14.5. The number of halogens is 1. The average Bonchev–Trinajstić information content (AvgIpc) is 3.18. The van der Waals surface area contributed by atoms with E-state index in [0.717, 1.165) is 5.56 Å². The van der Waals surface area contributed by atoms with Crippen LogP contribution in [0.2, 0.25) is 5.02 Å². The second kappa shape index (κ2) is 6.93. The number of nitrogens with one attached hydrogen (secondary N) is 1. The molecule has 10 heteroatoms. The number of nitrogens with two attached hydrogens (primary N) is 1. The van der Waals surface area contributed by atoms with Crippen molar-refractivity contribution in [3.8, 4) is 0 Å². The Morgan fingerprint density at radius 1 is 1.41 bits per heavy atom. The number of nitrogen functional groups attached to an aromatic ring is 1. The quantitative estimate of drug-likeness (QED) is 0.530. The van der Waals surface area contributed by atoms with E-state index >= 15 is 0 Å². The minimum atomic E-state index is -0.799. The van der Waals surface area contributed by atoms with Crippen molar-refractivity contribution in [2.45, 2.75) is 31.8 Å². The Hall–Kier alpha value is -2.46. The van der Waals surface area contributed by atoms with Crippen LogP contribution in [-0.2, 0) is 4.74 Å². The molecule has 0 spiro atoms. The standard InChI is InChI=1S/C17H19ClN6O3/c1-8-2-3-10(9(18)4-8)22-17-23-14-15(19)20-7-21-16(14)24(17)13-5-11(26)12(6-25)27-13/h2-4,7,11-13,25-26H,5-6H2,1H3,(H,22,23)(H2,19,20,21). The number of aryl methyl sites for hydroxylation is 1. The van der Waals surface area contributed by atoms with Crippen LogP contribution in [0.4, 0.5) is 17.5 Å². The van der Waals surface area contributed by atoms with Gasteiger partial charge in [0.05, 0.1) is 23.4 Å². The number of aliphatic hydroxyl groups excluding tert-OH is 2. The van der Waals surface area contributed by atoms with Crippen molar-refractivity contribution in [2.75, 3.05) is 17.7 Å². The third kappa shape index (κ3) is 3.19. The molecule has 27 heavy (non-hydrogen) atoms. The molecular weight excluding hydrogens is 372 g/mol. The van der Waals surface area contributed by atoms with Crippen molar-refractivity contribution in [3.63, 3.8) is 0 Å². The predicted octanol–water partition coefficient (Wildman–Crippen LogP) is 1.75. The van der Waals surface area contributed by atoms with Gasteiger partial charge in [-0.05, 0) is 24.6 Å². The van der Waals surface area contributed by atoms with E-state index in [4.69, 9.17) is 22.1 Å². The topological polar surface area (TPSA) is 131 Å². The number of hydrogen-bond donors (Lipinski definition) is 4. The third-order valence-corrected chi connectivity index (χ3v) is 4.86. The van der Waals surface area contributed by atoms with Crippen LogP contribution in [0, 0.1) is 6.92 Å². The van der Waals surface area contributed by atoms with Gasteiger partial charge in [-0.25, -0.2) is 15.0 Å². The Labute approximate surface area is 159 Å². The van der Waals surface area contributed by atoms with Gasteiger partial charge in [0.2, 0.25) is 5.95 Å². The summed E-state index contributed by atoms with van der Waals surface area (Å²) < 4.78 is 7.49. The fraction of sp³-hybridized carbons (Fsp3) is 0.353. The molecule has 4 rings (SSSR count). The van der Waals surface area contributed by atoms with Crippen molar-refractivity contribution >= 4 is 40.2 Å². The zero-order chi connectivity index (χ0) is 19.1. The van der Waals surface area contributed by atoms with E-state index < -0.39 is 18.4 Å². The number of aliphatic hydroxyl groups is 2. The SMILES string of the molecule is Cc1ccc(Nc2nc3c(N)ncnc3n2C2CC(O)C(CO)O2)c(Cl)c1. The molecule has 0 radical (unpaired) electrons. The van der Waals surface area contributed by atoms with Crippen molar-refractivity contribution in [1.82, 2.24) is 19.5 Å². The van der Waals surface area contributed by atoms with Gasteiger partial charge in [-0.1, -0.05) is 17.7 Å². The summed E-state index contributed by atoms with van der Waals surface area (Å²) in [7, 11) is 0. The molecular formula is C17H19ClN6O3. The van der Waals surface area contributed by atoms with E-state index in [9.17, 15) is 10.2 Å². The number of anilines is 3. The molecule has 1 saturated heterocycles. The average molecular weight is 391 g/mol. The van der Waals surface area contributed by atoms with Crippen LogP contribution in [-0.4, -0.2) is 48.5 Å². The Bertz CT molecular complexity index is 994. The zero-order valence-corrected chi connectivity index (χ0v) is 15.3. The van der Waals surface area contributed by atoms with Crippen LogP contribution >= 0.6 is 11.6 Å². The fourth-order valence-electron chi connectivity index (χ4n) is 3.17. The number of imidazole rings is 1. The predicted molar refractivity (Wildman–Crippen MR) is 101 cm³/mol. The molecule has 1 aromatic carbocycles. The first-order valence-corrected chi connectivity index (χ1v) is 8.81. The summed E-state index contributed by atoms with van der Waals surface area (Å²) in [5, 5.41) is 23.2. The van der Waals surface area contributed by atoms with Gasteiger partial charge in [-0.3, -0.25) is 4.57 Å². The molecule has 1 aliphatic heterocycles. The second-order valence-corrected chi connectivity index (χ2v) is 6.87. The molecule has 0 aliphatic carbocycles. The maximum absolute atomic E-state index is 10.1. The van der Waals surface area contributed by atoms with Crippen LogP contribution < -0.4 is 11.1 Å². The molecule has 5 N–H and O–H groups in total. The van der Waals surface area contributed by atoms with Crippen LogP contribution in [0.15, 0.2) is 24.5 Å². The minimum absolute atomic E-state index is 0.231. The number of hydrogen-bond acceptors (Lipinski definition) is 8. The summed E-state index contributed by atoms with van der Waals surface area (Å²) in [6, 6.07) is 5.60. The number of aromatic nitrogens is 4. The van der Waals surface area contributed by atoms with E-state index in [1.807, 2.05) is 25.1 Å². The van der Waals surface area contributed by atoms with Gasteiger partial charge in [0.25, 0.3) is 0 Å². The molecule has 1 fully saturated rings. The Morgan fingerprint density at radius 2 is 2.22 bits per heavy atom. The highest BCUT2D eigenvalue weighted by molar-refractivity contribution is 6.33. The largest absolute Gasteiger partial charge is 0.394 e. The summed E-state index contributed by atoms with van der Waals surface area (Å²) in [6.45, 7) is 1.66. The maximum atomic E-state index is 10.1. The van der Waals surface area contributed by atoms with Crippen LogP contribution in [0.1, 0.15) is 18.2 Å². The number of rotatable bonds is 4. The lowest BCUT2D eigenvalue weighted by Gasteiger charge is -2.17. The van der Waals surface area contributed by atoms with Gasteiger partial charge in [0.15, 0.2) is 17.0 Å². The van der Waals surface area contributed by atoms with Crippen LogP contribution in [0.3, 0.4) is 0 Å². The highest BCUT2D eigenvalue weighted by Gasteiger charge is 2.37. The van der Waals surface area contributed by atoms with Crippen molar-refractivity contribution < 1.29 is 14.9 Å². The lowest BCUT2D eigenvalue weighted by Crippen LogP contribution is -2.24. The second-order valence-electron chi connectivity index (χ2n) is 6.46.